The van der Waals surface area contributed by atoms with E-state index in [2.05, 4.69) is 36.4 Å². The van der Waals surface area contributed by atoms with Crippen LogP contribution in [0.5, 0.6) is 0 Å². The van der Waals surface area contributed by atoms with Gasteiger partial charge in [-0.05, 0) is 51.7 Å². The molecular weight excluding hydrogens is 250 g/mol. The highest BCUT2D eigenvalue weighted by molar-refractivity contribution is 5.94. The molecule has 1 unspecified atom stereocenters. The molecule has 0 saturated carbocycles. The van der Waals surface area contributed by atoms with Gasteiger partial charge in [0.1, 0.15) is 0 Å². The molecule has 1 aliphatic heterocycles. The Hall–Kier alpha value is -1.39. The lowest BCUT2D eigenvalue weighted by Gasteiger charge is -2.25. The van der Waals surface area contributed by atoms with Crippen LogP contribution >= 0.6 is 0 Å². The van der Waals surface area contributed by atoms with Crippen molar-refractivity contribution in [3.8, 4) is 0 Å². The summed E-state index contributed by atoms with van der Waals surface area (Å²) in [6, 6.07) is 8.40. The van der Waals surface area contributed by atoms with Crippen molar-refractivity contribution in [1.82, 2.24) is 15.1 Å². The van der Waals surface area contributed by atoms with Crippen molar-refractivity contribution < 1.29 is 4.79 Å². The number of likely N-dealkylation sites (tertiary alicyclic amines) is 1. The molecule has 1 saturated heterocycles. The Morgan fingerprint density at radius 2 is 1.85 bits per heavy atom. The minimum atomic E-state index is 0.170. The van der Waals surface area contributed by atoms with Crippen molar-refractivity contribution in [3.05, 3.63) is 35.4 Å². The van der Waals surface area contributed by atoms with Gasteiger partial charge in [-0.15, -0.1) is 0 Å². The van der Waals surface area contributed by atoms with Crippen molar-refractivity contribution in [2.24, 2.45) is 0 Å². The fourth-order valence-electron chi connectivity index (χ4n) is 2.74. The third-order valence-electron chi connectivity index (χ3n) is 3.96. The number of rotatable bonds is 5. The molecule has 0 aliphatic carbocycles. The molecule has 1 heterocycles. The molecular formula is C16H25N3O. The van der Waals surface area contributed by atoms with Crippen molar-refractivity contribution in [1.29, 1.82) is 0 Å². The predicted molar refractivity (Wildman–Crippen MR) is 81.9 cm³/mol. The summed E-state index contributed by atoms with van der Waals surface area (Å²) >= 11 is 0. The largest absolute Gasteiger partial charge is 0.339 e. The van der Waals surface area contributed by atoms with E-state index in [0.717, 1.165) is 38.0 Å². The van der Waals surface area contributed by atoms with Crippen LogP contribution in [0.2, 0.25) is 0 Å². The van der Waals surface area contributed by atoms with E-state index < -0.39 is 0 Å². The number of hydrogen-bond acceptors (Lipinski definition) is 3. The maximum Gasteiger partial charge on any atom is 0.253 e. The molecule has 1 N–H and O–H groups in total. The van der Waals surface area contributed by atoms with E-state index in [9.17, 15) is 4.79 Å². The van der Waals surface area contributed by atoms with Crippen LogP contribution in [0.15, 0.2) is 24.3 Å². The van der Waals surface area contributed by atoms with Crippen LogP contribution in [-0.2, 0) is 0 Å². The third-order valence-corrected chi connectivity index (χ3v) is 3.96. The van der Waals surface area contributed by atoms with Gasteiger partial charge in [0.2, 0.25) is 0 Å². The second kappa shape index (κ2) is 6.86. The zero-order chi connectivity index (χ0) is 14.5. The Labute approximate surface area is 121 Å². The Morgan fingerprint density at radius 1 is 1.25 bits per heavy atom. The number of nitrogens with one attached hydrogen (secondary N) is 1. The maximum absolute atomic E-state index is 12.3. The fourth-order valence-corrected chi connectivity index (χ4v) is 2.74. The lowest BCUT2D eigenvalue weighted by molar-refractivity contribution is 0.0793. The van der Waals surface area contributed by atoms with E-state index in [-0.39, 0.29) is 5.91 Å². The summed E-state index contributed by atoms with van der Waals surface area (Å²) in [5.74, 6) is 0.170. The number of likely N-dealkylation sites (N-methyl/N-ethyl adjacent to an activating group) is 2. The normalized spacial score (nSPS) is 16.7. The van der Waals surface area contributed by atoms with Crippen LogP contribution < -0.4 is 5.32 Å². The SMILES string of the molecule is CNCC(c1ccc(C(=O)N2CCCC2)cc1)N(C)C. The van der Waals surface area contributed by atoms with Crippen molar-refractivity contribution in [2.45, 2.75) is 18.9 Å². The van der Waals surface area contributed by atoms with E-state index in [0.29, 0.717) is 6.04 Å². The van der Waals surface area contributed by atoms with Gasteiger partial charge in [0.15, 0.2) is 0 Å². The van der Waals surface area contributed by atoms with Gasteiger partial charge in [-0.25, -0.2) is 0 Å². The molecule has 1 amide bonds. The predicted octanol–water partition coefficient (Wildman–Crippen LogP) is 1.74. The number of hydrogen-bond donors (Lipinski definition) is 1. The van der Waals surface area contributed by atoms with E-state index in [1.807, 2.05) is 24.1 Å². The molecule has 0 aromatic heterocycles. The Balaban J connectivity index is 2.10. The maximum atomic E-state index is 12.3. The van der Waals surface area contributed by atoms with E-state index in [1.54, 1.807) is 0 Å². The van der Waals surface area contributed by atoms with Gasteiger partial charge < -0.3 is 15.1 Å². The van der Waals surface area contributed by atoms with E-state index >= 15 is 0 Å². The first-order valence-electron chi connectivity index (χ1n) is 7.33. The lowest BCUT2D eigenvalue weighted by Crippen LogP contribution is -2.29. The molecule has 1 aromatic carbocycles. The highest BCUT2D eigenvalue weighted by atomic mass is 16.2. The van der Waals surface area contributed by atoms with Gasteiger partial charge in [0.05, 0.1) is 0 Å². The molecule has 1 atom stereocenters. The van der Waals surface area contributed by atoms with Crippen LogP contribution in [0.3, 0.4) is 0 Å². The molecule has 1 fully saturated rings. The second-order valence-electron chi connectivity index (χ2n) is 5.66. The molecule has 4 nitrogen and oxygen atoms in total. The number of carbonyl (C=O) groups is 1. The monoisotopic (exact) mass is 275 g/mol. The molecule has 1 aromatic rings. The number of carbonyl (C=O) groups excluding carboxylic acids is 1. The standard InChI is InChI=1S/C16H25N3O/c1-17-12-15(18(2)3)13-6-8-14(9-7-13)16(20)19-10-4-5-11-19/h6-9,15,17H,4-5,10-12H2,1-3H3. The second-order valence-corrected chi connectivity index (χ2v) is 5.66. The molecule has 110 valence electrons. The van der Waals surface area contributed by atoms with Gasteiger partial charge in [-0.1, -0.05) is 12.1 Å². The number of amides is 1. The third kappa shape index (κ3) is 3.38. The topological polar surface area (TPSA) is 35.6 Å². The molecule has 20 heavy (non-hydrogen) atoms. The quantitative estimate of drug-likeness (QED) is 0.889. The minimum absolute atomic E-state index is 0.170. The Kier molecular flexibility index (Phi) is 5.15. The van der Waals surface area contributed by atoms with Crippen LogP contribution in [-0.4, -0.2) is 56.5 Å². The molecule has 0 spiro atoms. The van der Waals surface area contributed by atoms with Gasteiger partial charge >= 0.3 is 0 Å². The average Bonchev–Trinajstić information content (AvgIpc) is 2.98. The zero-order valence-electron chi connectivity index (χ0n) is 12.7. The Bertz CT molecular complexity index is 436. The fraction of sp³-hybridized carbons (Fsp3) is 0.562. The molecule has 0 radical (unpaired) electrons. The highest BCUT2D eigenvalue weighted by Crippen LogP contribution is 2.19. The summed E-state index contributed by atoms with van der Waals surface area (Å²) in [6.07, 6.45) is 2.27. The first-order chi connectivity index (χ1) is 9.63. The summed E-state index contributed by atoms with van der Waals surface area (Å²) in [6.45, 7) is 2.70. The van der Waals surface area contributed by atoms with Gasteiger partial charge in [-0.2, -0.15) is 0 Å². The van der Waals surface area contributed by atoms with Gasteiger partial charge in [0.25, 0.3) is 5.91 Å². The summed E-state index contributed by atoms with van der Waals surface area (Å²) in [7, 11) is 6.11. The lowest BCUT2D eigenvalue weighted by atomic mass is 10.0. The smallest absolute Gasteiger partial charge is 0.253 e. The molecule has 2 rings (SSSR count). The van der Waals surface area contributed by atoms with Crippen molar-refractivity contribution >= 4 is 5.91 Å². The minimum Gasteiger partial charge on any atom is -0.339 e. The highest BCUT2D eigenvalue weighted by Gasteiger charge is 2.20. The van der Waals surface area contributed by atoms with Crippen molar-refractivity contribution in [3.63, 3.8) is 0 Å². The van der Waals surface area contributed by atoms with Crippen LogP contribution in [0, 0.1) is 0 Å². The first kappa shape index (κ1) is 15.0. The molecule has 4 heteroatoms. The summed E-state index contributed by atoms with van der Waals surface area (Å²) < 4.78 is 0. The average molecular weight is 275 g/mol. The van der Waals surface area contributed by atoms with Crippen LogP contribution in [0.4, 0.5) is 0 Å². The number of nitrogens with zero attached hydrogens (tertiary/aromatic N) is 2. The summed E-state index contributed by atoms with van der Waals surface area (Å²) in [5.41, 5.74) is 2.04. The van der Waals surface area contributed by atoms with Gasteiger partial charge in [-0.3, -0.25) is 4.79 Å². The molecule has 0 bridgehead atoms. The number of benzene rings is 1. The molecule has 1 aliphatic rings. The summed E-state index contributed by atoms with van der Waals surface area (Å²) in [5, 5.41) is 3.21. The van der Waals surface area contributed by atoms with Crippen LogP contribution in [0.25, 0.3) is 0 Å². The van der Waals surface area contributed by atoms with E-state index in [1.165, 1.54) is 5.56 Å². The van der Waals surface area contributed by atoms with Crippen molar-refractivity contribution in [2.75, 3.05) is 40.8 Å². The first-order valence-corrected chi connectivity index (χ1v) is 7.33. The Morgan fingerprint density at radius 3 is 2.35 bits per heavy atom. The van der Waals surface area contributed by atoms with Crippen LogP contribution in [0.1, 0.15) is 34.8 Å². The summed E-state index contributed by atoms with van der Waals surface area (Å²) in [4.78, 5) is 16.4. The zero-order valence-corrected chi connectivity index (χ0v) is 12.7. The van der Waals surface area contributed by atoms with E-state index in [4.69, 9.17) is 0 Å². The van der Waals surface area contributed by atoms with Gasteiger partial charge in [0, 0.05) is 31.2 Å².